The van der Waals surface area contributed by atoms with Crippen LogP contribution in [0.3, 0.4) is 0 Å². The molecule has 0 fully saturated rings. The monoisotopic (exact) mass is 528 g/mol. The third-order valence-corrected chi connectivity index (χ3v) is 7.80. The van der Waals surface area contributed by atoms with Crippen LogP contribution in [0.15, 0.2) is 67.0 Å². The van der Waals surface area contributed by atoms with Gasteiger partial charge in [-0.15, -0.1) is 5.10 Å². The molecule has 0 saturated heterocycles. The van der Waals surface area contributed by atoms with Crippen molar-refractivity contribution in [2.75, 3.05) is 18.6 Å². The number of carbonyl (C=O) groups excluding carboxylic acids is 1. The van der Waals surface area contributed by atoms with E-state index in [9.17, 15) is 14.3 Å². The van der Waals surface area contributed by atoms with Crippen molar-refractivity contribution in [3.8, 4) is 11.1 Å². The number of benzene rings is 2. The molecule has 5 aromatic rings. The summed E-state index contributed by atoms with van der Waals surface area (Å²) in [5.74, 6) is -0.0204. The Morgan fingerprint density at radius 2 is 1.95 bits per heavy atom. The predicted molar refractivity (Wildman–Crippen MR) is 151 cm³/mol. The molecule has 39 heavy (non-hydrogen) atoms. The van der Waals surface area contributed by atoms with E-state index in [1.807, 2.05) is 87.1 Å². The molecular weight excluding hydrogens is 495 g/mol. The van der Waals surface area contributed by atoms with Crippen molar-refractivity contribution >= 4 is 28.4 Å². The summed E-state index contributed by atoms with van der Waals surface area (Å²) in [7, 11) is 3.80. The number of likely N-dealkylation sites (N-methyl/N-ethyl adjacent to an activating group) is 1. The maximum atomic E-state index is 13.7. The number of carbonyl (C=O) groups is 1. The predicted octanol–water partition coefficient (Wildman–Crippen LogP) is 5.12. The van der Waals surface area contributed by atoms with Crippen molar-refractivity contribution < 1.29 is 14.3 Å². The third-order valence-electron chi connectivity index (χ3n) is 7.80. The first-order chi connectivity index (χ1) is 18.6. The Morgan fingerprint density at radius 1 is 1.18 bits per heavy atom. The molecule has 0 aliphatic heterocycles. The van der Waals surface area contributed by atoms with Gasteiger partial charge < -0.3 is 19.9 Å². The summed E-state index contributed by atoms with van der Waals surface area (Å²) < 4.78 is 17.3. The zero-order chi connectivity index (χ0) is 27.9. The van der Waals surface area contributed by atoms with Gasteiger partial charge in [0, 0.05) is 37.4 Å². The van der Waals surface area contributed by atoms with Crippen LogP contribution in [0.25, 0.3) is 27.7 Å². The standard InChI is InChI=1S/C30H33FN6O2/c1-6-30(3,18-38)36(5)29-33-27-16-22(12-13-37(27)34-29)21-10-11-26-24(15-21)25(17-35(26)4)28(39)32-19(2)20-8-7-9-23(31)14-20/h7-17,19,38H,6,18H2,1-5H3,(H,32,39)/t19-,30+/m0/s1. The maximum Gasteiger partial charge on any atom is 0.253 e. The highest BCUT2D eigenvalue weighted by atomic mass is 19.1. The minimum atomic E-state index is -0.463. The highest BCUT2D eigenvalue weighted by molar-refractivity contribution is 6.08. The molecule has 8 nitrogen and oxygen atoms in total. The fourth-order valence-electron chi connectivity index (χ4n) is 4.77. The number of halogens is 1. The number of nitrogens with one attached hydrogen (secondary N) is 1. The summed E-state index contributed by atoms with van der Waals surface area (Å²) in [6.45, 7) is 5.84. The van der Waals surface area contributed by atoms with Gasteiger partial charge in [0.1, 0.15) is 5.82 Å². The lowest BCUT2D eigenvalue weighted by Crippen LogP contribution is -2.47. The second-order valence-electron chi connectivity index (χ2n) is 10.3. The van der Waals surface area contributed by atoms with Crippen molar-refractivity contribution in [2.45, 2.75) is 38.8 Å². The van der Waals surface area contributed by atoms with Crippen LogP contribution in [-0.2, 0) is 7.05 Å². The Hall–Kier alpha value is -4.24. The molecule has 2 N–H and O–H groups in total. The van der Waals surface area contributed by atoms with Crippen molar-refractivity contribution in [1.29, 1.82) is 0 Å². The minimum absolute atomic E-state index is 0.00514. The minimum Gasteiger partial charge on any atom is -0.394 e. The van der Waals surface area contributed by atoms with Crippen LogP contribution in [-0.4, -0.2) is 49.4 Å². The lowest BCUT2D eigenvalue weighted by molar-refractivity contribution is 0.0941. The topological polar surface area (TPSA) is 87.7 Å². The first kappa shape index (κ1) is 26.4. The van der Waals surface area contributed by atoms with Gasteiger partial charge in [-0.3, -0.25) is 4.79 Å². The molecule has 9 heteroatoms. The highest BCUT2D eigenvalue weighted by Crippen LogP contribution is 2.30. The number of aliphatic hydroxyl groups is 1. The first-order valence-corrected chi connectivity index (χ1v) is 13.0. The number of aryl methyl sites for hydroxylation is 1. The second kappa shape index (κ2) is 10.1. The van der Waals surface area contributed by atoms with Gasteiger partial charge in [-0.05, 0) is 73.4 Å². The van der Waals surface area contributed by atoms with E-state index >= 15 is 0 Å². The molecule has 2 atom stereocenters. The molecule has 0 spiro atoms. The lowest BCUT2D eigenvalue weighted by Gasteiger charge is -2.35. The van der Waals surface area contributed by atoms with E-state index in [2.05, 4.69) is 10.4 Å². The van der Waals surface area contributed by atoms with Crippen LogP contribution >= 0.6 is 0 Å². The summed E-state index contributed by atoms with van der Waals surface area (Å²) >= 11 is 0. The van der Waals surface area contributed by atoms with Gasteiger partial charge in [0.25, 0.3) is 5.91 Å². The average Bonchev–Trinajstić information content (AvgIpc) is 3.52. The molecule has 0 unspecified atom stereocenters. The Morgan fingerprint density at radius 3 is 2.67 bits per heavy atom. The largest absolute Gasteiger partial charge is 0.394 e. The van der Waals surface area contributed by atoms with E-state index in [0.29, 0.717) is 22.7 Å². The molecular formula is C30H33FN6O2. The van der Waals surface area contributed by atoms with Crippen molar-refractivity contribution in [2.24, 2.45) is 7.05 Å². The van der Waals surface area contributed by atoms with Gasteiger partial charge in [0.15, 0.2) is 5.65 Å². The fourth-order valence-corrected chi connectivity index (χ4v) is 4.77. The zero-order valence-electron chi connectivity index (χ0n) is 22.8. The number of anilines is 1. The molecule has 2 aromatic carbocycles. The van der Waals surface area contributed by atoms with Gasteiger partial charge in [-0.1, -0.05) is 25.1 Å². The molecule has 0 aliphatic carbocycles. The summed E-state index contributed by atoms with van der Waals surface area (Å²) in [4.78, 5) is 19.9. The number of fused-ring (bicyclic) bond motifs is 2. The molecule has 3 aromatic heterocycles. The summed E-state index contributed by atoms with van der Waals surface area (Å²) in [6, 6.07) is 15.9. The molecule has 0 aliphatic rings. The van der Waals surface area contributed by atoms with Crippen molar-refractivity contribution in [3.05, 3.63) is 83.9 Å². The molecule has 3 heterocycles. The number of aliphatic hydroxyl groups excluding tert-OH is 1. The summed E-state index contributed by atoms with van der Waals surface area (Å²) in [6.07, 6.45) is 4.42. The van der Waals surface area contributed by atoms with E-state index in [4.69, 9.17) is 4.98 Å². The van der Waals surface area contributed by atoms with E-state index in [1.165, 1.54) is 12.1 Å². The van der Waals surface area contributed by atoms with E-state index in [1.54, 1.807) is 16.6 Å². The molecule has 0 bridgehead atoms. The van der Waals surface area contributed by atoms with Crippen LogP contribution in [0.1, 0.15) is 49.2 Å². The smallest absolute Gasteiger partial charge is 0.253 e. The number of pyridine rings is 1. The molecule has 202 valence electrons. The van der Waals surface area contributed by atoms with Gasteiger partial charge >= 0.3 is 0 Å². The van der Waals surface area contributed by atoms with Crippen LogP contribution in [0.2, 0.25) is 0 Å². The van der Waals surface area contributed by atoms with Crippen molar-refractivity contribution in [1.82, 2.24) is 24.5 Å². The number of amides is 1. The average molecular weight is 529 g/mol. The Labute approximate surface area is 226 Å². The number of nitrogens with zero attached hydrogens (tertiary/aromatic N) is 5. The lowest BCUT2D eigenvalue weighted by atomic mass is 9.99. The fraction of sp³-hybridized carbons (Fsp3) is 0.300. The normalized spacial score (nSPS) is 13.9. The molecule has 1 amide bonds. The SMILES string of the molecule is CC[C@](C)(CO)N(C)c1nc2cc(-c3ccc4c(c3)c(C(=O)N[C@@H](C)c3cccc(F)c3)cn4C)ccn2n1. The van der Waals surface area contributed by atoms with E-state index < -0.39 is 5.54 Å². The van der Waals surface area contributed by atoms with Crippen LogP contribution in [0, 0.1) is 5.82 Å². The van der Waals surface area contributed by atoms with Gasteiger partial charge in [-0.25, -0.2) is 8.91 Å². The second-order valence-corrected chi connectivity index (χ2v) is 10.3. The van der Waals surface area contributed by atoms with Gasteiger partial charge in [0.05, 0.1) is 23.8 Å². The number of hydrogen-bond acceptors (Lipinski definition) is 5. The number of aromatic nitrogens is 4. The van der Waals surface area contributed by atoms with Gasteiger partial charge in [-0.2, -0.15) is 4.98 Å². The Kier molecular flexibility index (Phi) is 6.86. The highest BCUT2D eigenvalue weighted by Gasteiger charge is 2.29. The Balaban J connectivity index is 1.47. The van der Waals surface area contributed by atoms with Crippen molar-refractivity contribution in [3.63, 3.8) is 0 Å². The van der Waals surface area contributed by atoms with Crippen LogP contribution in [0.5, 0.6) is 0 Å². The third kappa shape index (κ3) is 4.85. The van der Waals surface area contributed by atoms with E-state index in [-0.39, 0.29) is 24.4 Å². The zero-order valence-corrected chi connectivity index (χ0v) is 22.8. The number of rotatable bonds is 8. The molecule has 0 radical (unpaired) electrons. The maximum absolute atomic E-state index is 13.7. The number of hydrogen-bond donors (Lipinski definition) is 2. The summed E-state index contributed by atoms with van der Waals surface area (Å²) in [5, 5.41) is 18.3. The Bertz CT molecular complexity index is 1670. The quantitative estimate of drug-likeness (QED) is 0.292. The molecule has 0 saturated carbocycles. The van der Waals surface area contributed by atoms with E-state index in [0.717, 1.165) is 28.5 Å². The first-order valence-electron chi connectivity index (χ1n) is 13.0. The van der Waals surface area contributed by atoms with Crippen LogP contribution in [0.4, 0.5) is 10.3 Å². The van der Waals surface area contributed by atoms with Crippen LogP contribution < -0.4 is 10.2 Å². The molecule has 5 rings (SSSR count). The summed E-state index contributed by atoms with van der Waals surface area (Å²) in [5.41, 5.74) is 4.28. The van der Waals surface area contributed by atoms with Gasteiger partial charge in [0.2, 0.25) is 5.95 Å².